The van der Waals surface area contributed by atoms with Gasteiger partial charge in [0.25, 0.3) is 0 Å². The van der Waals surface area contributed by atoms with E-state index in [1.165, 1.54) is 150 Å². The first-order valence-electron chi connectivity index (χ1n) is 26.4. The molecule has 0 aliphatic rings. The maximum atomic E-state index is 6.67. The van der Waals surface area contributed by atoms with Crippen LogP contribution < -0.4 is 9.47 Å². The predicted molar refractivity (Wildman–Crippen MR) is 276 cm³/mol. The fraction of sp³-hybridized carbons (Fsp3) is 0.655. The standard InChI is InChI=1S/C58H90O8/c1-5-7-9-11-13-15-17-19-21-23-25-49-27-31-53-51(47-49)29-33-55(65-45-43-63-41-39-61-37-35-59-3)57(53)58-54-32-28-50(26-24-22-20-18-16-14-12-10-8-6-2)48-52(54)30-34-56(58)66-46-44-64-42-40-62-38-36-60-4/h27-34,47-48H,5-26,35-46H2,1-4H3. The first kappa shape index (κ1) is 55.4. The van der Waals surface area contributed by atoms with Gasteiger partial charge < -0.3 is 37.9 Å². The van der Waals surface area contributed by atoms with Crippen molar-refractivity contribution in [3.05, 3.63) is 71.8 Å². The largest absolute Gasteiger partial charge is 0.491 e. The molecule has 0 spiro atoms. The van der Waals surface area contributed by atoms with E-state index in [1.807, 2.05) is 0 Å². The van der Waals surface area contributed by atoms with E-state index in [0.29, 0.717) is 79.3 Å². The van der Waals surface area contributed by atoms with Crippen molar-refractivity contribution in [1.82, 2.24) is 0 Å². The highest BCUT2D eigenvalue weighted by atomic mass is 16.6. The Morgan fingerprint density at radius 1 is 0.318 bits per heavy atom. The van der Waals surface area contributed by atoms with Gasteiger partial charge in [-0.1, -0.05) is 178 Å². The lowest BCUT2D eigenvalue weighted by atomic mass is 9.90. The van der Waals surface area contributed by atoms with E-state index in [2.05, 4.69) is 74.5 Å². The highest BCUT2D eigenvalue weighted by Gasteiger charge is 2.20. The molecule has 66 heavy (non-hydrogen) atoms. The van der Waals surface area contributed by atoms with Crippen molar-refractivity contribution >= 4 is 21.5 Å². The first-order valence-corrected chi connectivity index (χ1v) is 26.4. The zero-order valence-corrected chi connectivity index (χ0v) is 42.1. The number of hydrogen-bond acceptors (Lipinski definition) is 8. The highest BCUT2D eigenvalue weighted by Crippen LogP contribution is 2.46. The van der Waals surface area contributed by atoms with E-state index in [9.17, 15) is 0 Å². The molecule has 0 radical (unpaired) electrons. The van der Waals surface area contributed by atoms with Crippen LogP contribution in [0.1, 0.15) is 153 Å². The summed E-state index contributed by atoms with van der Waals surface area (Å²) in [4.78, 5) is 0. The Morgan fingerprint density at radius 3 is 0.985 bits per heavy atom. The van der Waals surface area contributed by atoms with E-state index >= 15 is 0 Å². The fourth-order valence-electron chi connectivity index (χ4n) is 8.77. The maximum Gasteiger partial charge on any atom is 0.128 e. The van der Waals surface area contributed by atoms with E-state index in [0.717, 1.165) is 46.2 Å². The van der Waals surface area contributed by atoms with Gasteiger partial charge in [-0.15, -0.1) is 0 Å². The van der Waals surface area contributed by atoms with Gasteiger partial charge in [0.15, 0.2) is 0 Å². The third-order valence-corrected chi connectivity index (χ3v) is 12.6. The van der Waals surface area contributed by atoms with Gasteiger partial charge >= 0.3 is 0 Å². The van der Waals surface area contributed by atoms with Crippen LogP contribution in [0.5, 0.6) is 11.5 Å². The summed E-state index contributed by atoms with van der Waals surface area (Å²) in [5.41, 5.74) is 4.88. The number of benzene rings is 4. The minimum Gasteiger partial charge on any atom is -0.491 e. The average molecular weight is 915 g/mol. The van der Waals surface area contributed by atoms with Crippen molar-refractivity contribution in [3.8, 4) is 22.6 Å². The third-order valence-electron chi connectivity index (χ3n) is 12.6. The van der Waals surface area contributed by atoms with Crippen molar-refractivity contribution in [2.24, 2.45) is 0 Å². The van der Waals surface area contributed by atoms with Crippen molar-refractivity contribution in [2.45, 2.75) is 155 Å². The summed E-state index contributed by atoms with van der Waals surface area (Å²) in [6.07, 6.45) is 29.1. The predicted octanol–water partition coefficient (Wildman–Crippen LogP) is 14.7. The number of fused-ring (bicyclic) bond motifs is 2. The lowest BCUT2D eigenvalue weighted by Gasteiger charge is -2.20. The van der Waals surface area contributed by atoms with Gasteiger partial charge in [0.1, 0.15) is 24.7 Å². The molecule has 0 aliphatic heterocycles. The Morgan fingerprint density at radius 2 is 0.636 bits per heavy atom. The van der Waals surface area contributed by atoms with Gasteiger partial charge in [-0.05, 0) is 70.5 Å². The molecule has 0 aliphatic carbocycles. The monoisotopic (exact) mass is 915 g/mol. The van der Waals surface area contributed by atoms with Gasteiger partial charge in [-0.2, -0.15) is 0 Å². The fourth-order valence-corrected chi connectivity index (χ4v) is 8.77. The molecule has 0 atom stereocenters. The molecule has 8 heteroatoms. The van der Waals surface area contributed by atoms with Crippen LogP contribution in [-0.2, 0) is 41.3 Å². The molecule has 0 amide bonds. The molecule has 370 valence electrons. The number of methoxy groups -OCH3 is 2. The minimum atomic E-state index is 0.414. The molecule has 0 saturated heterocycles. The molecule has 0 N–H and O–H groups in total. The number of unbranched alkanes of at least 4 members (excludes halogenated alkanes) is 18. The smallest absolute Gasteiger partial charge is 0.128 e. The second-order valence-electron chi connectivity index (χ2n) is 18.0. The van der Waals surface area contributed by atoms with E-state index < -0.39 is 0 Å². The van der Waals surface area contributed by atoms with Crippen LogP contribution in [0, 0.1) is 0 Å². The van der Waals surface area contributed by atoms with E-state index in [4.69, 9.17) is 37.9 Å². The van der Waals surface area contributed by atoms with Crippen LogP contribution in [0.25, 0.3) is 32.7 Å². The number of rotatable bonds is 43. The van der Waals surface area contributed by atoms with Gasteiger partial charge in [0.05, 0.1) is 66.1 Å². The van der Waals surface area contributed by atoms with Crippen LogP contribution in [0.15, 0.2) is 60.7 Å². The molecule has 4 aromatic carbocycles. The summed E-state index contributed by atoms with van der Waals surface area (Å²) >= 11 is 0. The van der Waals surface area contributed by atoms with Crippen molar-refractivity contribution in [3.63, 3.8) is 0 Å². The lowest BCUT2D eigenvalue weighted by molar-refractivity contribution is 0.0179. The molecule has 4 rings (SSSR count). The molecule has 8 nitrogen and oxygen atoms in total. The Kier molecular flexibility index (Phi) is 30.8. The maximum absolute atomic E-state index is 6.67. The molecule has 0 bridgehead atoms. The Hall–Kier alpha value is -3.24. The average Bonchev–Trinajstić information content (AvgIpc) is 3.34. The SMILES string of the molecule is CCCCCCCCCCCCc1ccc2c(-c3c(OCCOCCOCCOC)ccc4cc(CCCCCCCCCCCC)ccc34)c(OCCOCCOCCOC)ccc2c1. The Balaban J connectivity index is 1.55. The summed E-state index contributed by atoms with van der Waals surface area (Å²) in [6, 6.07) is 22.8. The zero-order chi connectivity index (χ0) is 46.5. The second-order valence-corrected chi connectivity index (χ2v) is 18.0. The summed E-state index contributed by atoms with van der Waals surface area (Å²) in [5, 5.41) is 4.73. The van der Waals surface area contributed by atoms with Crippen LogP contribution in [0.3, 0.4) is 0 Å². The van der Waals surface area contributed by atoms with E-state index in [1.54, 1.807) is 14.2 Å². The minimum absolute atomic E-state index is 0.414. The normalized spacial score (nSPS) is 11.6. The van der Waals surface area contributed by atoms with Crippen molar-refractivity contribution in [1.29, 1.82) is 0 Å². The van der Waals surface area contributed by atoms with E-state index in [-0.39, 0.29) is 0 Å². The number of ether oxygens (including phenoxy) is 8. The first-order chi connectivity index (χ1) is 32.7. The topological polar surface area (TPSA) is 73.8 Å². The summed E-state index contributed by atoms with van der Waals surface area (Å²) in [6.45, 7) is 10.6. The van der Waals surface area contributed by atoms with Crippen LogP contribution in [0.2, 0.25) is 0 Å². The molecule has 0 unspecified atom stereocenters. The zero-order valence-electron chi connectivity index (χ0n) is 42.1. The Bertz CT molecular complexity index is 1680. The molecule has 0 heterocycles. The molecular formula is C58H90O8. The van der Waals surface area contributed by atoms with Crippen LogP contribution in [-0.4, -0.2) is 93.5 Å². The molecule has 4 aromatic rings. The number of aryl methyl sites for hydroxylation is 2. The summed E-state index contributed by atoms with van der Waals surface area (Å²) in [7, 11) is 3.36. The van der Waals surface area contributed by atoms with Gasteiger partial charge in [0.2, 0.25) is 0 Å². The van der Waals surface area contributed by atoms with Crippen molar-refractivity contribution in [2.75, 3.05) is 93.5 Å². The van der Waals surface area contributed by atoms with Crippen LogP contribution in [0.4, 0.5) is 0 Å². The molecule has 0 fully saturated rings. The van der Waals surface area contributed by atoms with Crippen LogP contribution >= 0.6 is 0 Å². The molecular weight excluding hydrogens is 825 g/mol. The number of hydrogen-bond donors (Lipinski definition) is 0. The molecule has 0 aromatic heterocycles. The van der Waals surface area contributed by atoms with Gasteiger partial charge in [-0.25, -0.2) is 0 Å². The van der Waals surface area contributed by atoms with Gasteiger partial charge in [-0.3, -0.25) is 0 Å². The molecule has 0 saturated carbocycles. The quantitative estimate of drug-likeness (QED) is 0.0407. The lowest BCUT2D eigenvalue weighted by Crippen LogP contribution is -2.13. The second kappa shape index (κ2) is 36.8. The summed E-state index contributed by atoms with van der Waals surface area (Å²) < 4.78 is 46.6. The highest BCUT2D eigenvalue weighted by molar-refractivity contribution is 6.10. The third kappa shape index (κ3) is 22.2. The summed E-state index contributed by atoms with van der Waals surface area (Å²) in [5.74, 6) is 1.64. The van der Waals surface area contributed by atoms with Crippen molar-refractivity contribution < 1.29 is 37.9 Å². The Labute approximate surface area is 401 Å². The van der Waals surface area contributed by atoms with Gasteiger partial charge in [0, 0.05) is 25.3 Å².